The molecule has 1 fully saturated rings. The largest absolute Gasteiger partial charge is 0.340 e. The summed E-state index contributed by atoms with van der Waals surface area (Å²) >= 11 is 0. The molecule has 0 amide bonds. The van der Waals surface area contributed by atoms with Crippen molar-refractivity contribution in [3.8, 4) is 5.82 Å². The molecule has 0 aromatic carbocycles. The van der Waals surface area contributed by atoms with E-state index in [1.165, 1.54) is 0 Å². The summed E-state index contributed by atoms with van der Waals surface area (Å²) in [6.45, 7) is 5.95. The van der Waals surface area contributed by atoms with Crippen LogP contribution in [-0.4, -0.2) is 37.6 Å². The summed E-state index contributed by atoms with van der Waals surface area (Å²) in [7, 11) is 0. The van der Waals surface area contributed by atoms with Crippen molar-refractivity contribution in [3.63, 3.8) is 0 Å². The highest BCUT2D eigenvalue weighted by atomic mass is 15.3. The van der Waals surface area contributed by atoms with Gasteiger partial charge in [-0.15, -0.1) is 0 Å². The first-order valence-electron chi connectivity index (χ1n) is 8.71. The lowest BCUT2D eigenvalue weighted by molar-refractivity contribution is 0.494. The molecule has 3 aromatic heterocycles. The smallest absolute Gasteiger partial charge is 0.225 e. The first kappa shape index (κ1) is 15.7. The SMILES string of the molecule is Cc1cc(C)nc(N2CCC[C@H](c3cccc(-n4ccnc4)n3)C2)n1. The van der Waals surface area contributed by atoms with E-state index in [9.17, 15) is 0 Å². The molecule has 0 saturated carbocycles. The molecule has 0 bridgehead atoms. The molecule has 0 spiro atoms. The quantitative estimate of drug-likeness (QED) is 0.737. The maximum absolute atomic E-state index is 4.86. The minimum Gasteiger partial charge on any atom is -0.340 e. The van der Waals surface area contributed by atoms with Crippen LogP contribution < -0.4 is 4.90 Å². The molecule has 3 aromatic rings. The average molecular weight is 334 g/mol. The van der Waals surface area contributed by atoms with Crippen molar-refractivity contribution >= 4 is 5.95 Å². The van der Waals surface area contributed by atoms with Crippen LogP contribution in [0.15, 0.2) is 43.0 Å². The van der Waals surface area contributed by atoms with E-state index in [1.807, 2.05) is 36.7 Å². The van der Waals surface area contributed by atoms with Crippen LogP contribution in [0.4, 0.5) is 5.95 Å². The Morgan fingerprint density at radius 3 is 2.68 bits per heavy atom. The van der Waals surface area contributed by atoms with Gasteiger partial charge >= 0.3 is 0 Å². The van der Waals surface area contributed by atoms with Crippen LogP contribution in [0.25, 0.3) is 5.82 Å². The molecule has 0 unspecified atom stereocenters. The van der Waals surface area contributed by atoms with Crippen LogP contribution in [0.3, 0.4) is 0 Å². The van der Waals surface area contributed by atoms with E-state index in [4.69, 9.17) is 4.98 Å². The molecule has 25 heavy (non-hydrogen) atoms. The van der Waals surface area contributed by atoms with Crippen molar-refractivity contribution in [1.82, 2.24) is 24.5 Å². The Bertz CT molecular complexity index is 838. The van der Waals surface area contributed by atoms with E-state index < -0.39 is 0 Å². The fourth-order valence-corrected chi connectivity index (χ4v) is 3.45. The minimum atomic E-state index is 0.390. The third-order valence-corrected chi connectivity index (χ3v) is 4.62. The Hall–Kier alpha value is -2.76. The summed E-state index contributed by atoms with van der Waals surface area (Å²) in [5.41, 5.74) is 3.16. The molecule has 6 heteroatoms. The summed E-state index contributed by atoms with van der Waals surface area (Å²) in [4.78, 5) is 20.5. The van der Waals surface area contributed by atoms with Crippen molar-refractivity contribution in [3.05, 3.63) is 60.1 Å². The Morgan fingerprint density at radius 1 is 1.08 bits per heavy atom. The van der Waals surface area contributed by atoms with Crippen LogP contribution in [0.1, 0.15) is 35.8 Å². The summed E-state index contributed by atoms with van der Waals surface area (Å²) < 4.78 is 1.94. The molecule has 0 radical (unpaired) electrons. The van der Waals surface area contributed by atoms with Crippen molar-refractivity contribution in [2.75, 3.05) is 18.0 Å². The zero-order valence-electron chi connectivity index (χ0n) is 14.6. The summed E-state index contributed by atoms with van der Waals surface area (Å²) in [6, 6.07) is 8.22. The minimum absolute atomic E-state index is 0.390. The summed E-state index contributed by atoms with van der Waals surface area (Å²) in [5, 5.41) is 0. The maximum Gasteiger partial charge on any atom is 0.225 e. The highest BCUT2D eigenvalue weighted by Crippen LogP contribution is 2.28. The van der Waals surface area contributed by atoms with Crippen LogP contribution in [0, 0.1) is 13.8 Å². The third-order valence-electron chi connectivity index (χ3n) is 4.62. The average Bonchev–Trinajstić information content (AvgIpc) is 3.16. The molecule has 0 N–H and O–H groups in total. The van der Waals surface area contributed by atoms with Gasteiger partial charge in [0, 0.05) is 48.5 Å². The van der Waals surface area contributed by atoms with Gasteiger partial charge in [-0.2, -0.15) is 0 Å². The number of anilines is 1. The van der Waals surface area contributed by atoms with Crippen molar-refractivity contribution < 1.29 is 0 Å². The van der Waals surface area contributed by atoms with Crippen LogP contribution in [0.2, 0.25) is 0 Å². The van der Waals surface area contributed by atoms with E-state index >= 15 is 0 Å². The van der Waals surface area contributed by atoms with Gasteiger partial charge in [0.25, 0.3) is 0 Å². The molecular weight excluding hydrogens is 312 g/mol. The van der Waals surface area contributed by atoms with E-state index in [0.29, 0.717) is 5.92 Å². The fourth-order valence-electron chi connectivity index (χ4n) is 3.45. The lowest BCUT2D eigenvalue weighted by Crippen LogP contribution is -2.36. The Kier molecular flexibility index (Phi) is 4.17. The molecule has 6 nitrogen and oxygen atoms in total. The predicted molar refractivity (Wildman–Crippen MR) is 97.1 cm³/mol. The molecule has 1 aliphatic rings. The number of pyridine rings is 1. The lowest BCUT2D eigenvalue weighted by Gasteiger charge is -2.32. The van der Waals surface area contributed by atoms with Gasteiger partial charge in [0.1, 0.15) is 12.1 Å². The van der Waals surface area contributed by atoms with E-state index in [1.54, 1.807) is 12.5 Å². The topological polar surface area (TPSA) is 59.7 Å². The molecule has 0 aliphatic carbocycles. The van der Waals surface area contributed by atoms with Crippen molar-refractivity contribution in [2.24, 2.45) is 0 Å². The molecule has 1 atom stereocenters. The molecule has 128 valence electrons. The molecule has 4 heterocycles. The van der Waals surface area contributed by atoms with Gasteiger partial charge in [0.15, 0.2) is 0 Å². The summed E-state index contributed by atoms with van der Waals surface area (Å²) in [6.07, 6.45) is 7.74. The van der Waals surface area contributed by atoms with Gasteiger partial charge in [-0.25, -0.2) is 19.9 Å². The highest BCUT2D eigenvalue weighted by Gasteiger charge is 2.24. The molecule has 1 aliphatic heterocycles. The zero-order chi connectivity index (χ0) is 17.2. The number of hydrogen-bond acceptors (Lipinski definition) is 5. The van der Waals surface area contributed by atoms with Crippen LogP contribution in [0.5, 0.6) is 0 Å². The highest BCUT2D eigenvalue weighted by molar-refractivity contribution is 5.35. The standard InChI is InChI=1S/C19H22N6/c1-14-11-15(2)22-19(21-14)24-9-4-5-16(12-24)17-6-3-7-18(23-17)25-10-8-20-13-25/h3,6-8,10-11,13,16H,4-5,9,12H2,1-2H3/t16-/m0/s1. The monoisotopic (exact) mass is 334 g/mol. The van der Waals surface area contributed by atoms with E-state index in [-0.39, 0.29) is 0 Å². The second kappa shape index (κ2) is 6.63. The number of hydrogen-bond donors (Lipinski definition) is 0. The molecule has 1 saturated heterocycles. The normalized spacial score (nSPS) is 17.7. The molecular formula is C19H22N6. The van der Waals surface area contributed by atoms with Gasteiger partial charge in [0.2, 0.25) is 5.95 Å². The van der Waals surface area contributed by atoms with Crippen molar-refractivity contribution in [1.29, 1.82) is 0 Å². The zero-order valence-corrected chi connectivity index (χ0v) is 14.6. The Morgan fingerprint density at radius 2 is 1.92 bits per heavy atom. The van der Waals surface area contributed by atoms with Gasteiger partial charge in [-0.1, -0.05) is 6.07 Å². The van der Waals surface area contributed by atoms with E-state index in [2.05, 4.69) is 32.0 Å². The maximum atomic E-state index is 4.86. The predicted octanol–water partition coefficient (Wildman–Crippen LogP) is 3.06. The van der Waals surface area contributed by atoms with Crippen LogP contribution >= 0.6 is 0 Å². The van der Waals surface area contributed by atoms with Gasteiger partial charge in [0.05, 0.1) is 0 Å². The van der Waals surface area contributed by atoms with Gasteiger partial charge < -0.3 is 4.90 Å². The van der Waals surface area contributed by atoms with Crippen LogP contribution in [-0.2, 0) is 0 Å². The number of imidazole rings is 1. The fraction of sp³-hybridized carbons (Fsp3) is 0.368. The third kappa shape index (κ3) is 3.38. The first-order valence-corrected chi connectivity index (χ1v) is 8.71. The Balaban J connectivity index is 1.58. The molecule has 4 rings (SSSR count). The van der Waals surface area contributed by atoms with Crippen molar-refractivity contribution in [2.45, 2.75) is 32.6 Å². The number of nitrogens with zero attached hydrogens (tertiary/aromatic N) is 6. The Labute approximate surface area is 147 Å². The second-order valence-corrected chi connectivity index (χ2v) is 6.63. The summed E-state index contributed by atoms with van der Waals surface area (Å²) in [5.74, 6) is 2.14. The first-order chi connectivity index (χ1) is 12.2. The number of rotatable bonds is 3. The number of aromatic nitrogens is 5. The van der Waals surface area contributed by atoms with E-state index in [0.717, 1.165) is 54.8 Å². The lowest BCUT2D eigenvalue weighted by atomic mass is 9.94. The number of piperidine rings is 1. The second-order valence-electron chi connectivity index (χ2n) is 6.63. The van der Waals surface area contributed by atoms with Gasteiger partial charge in [-0.3, -0.25) is 4.57 Å². The van der Waals surface area contributed by atoms with Gasteiger partial charge in [-0.05, 0) is 44.9 Å². The number of aryl methyl sites for hydroxylation is 2.